The molecule has 0 atom stereocenters. The number of carbonyl (C=O) groups is 1. The van der Waals surface area contributed by atoms with E-state index in [1.165, 1.54) is 7.11 Å². The molecule has 5 heteroatoms. The van der Waals surface area contributed by atoms with Crippen LogP contribution < -0.4 is 14.2 Å². The number of carbonyl (C=O) groups excluding carboxylic acids is 1. The van der Waals surface area contributed by atoms with E-state index in [1.807, 2.05) is 24.3 Å². The number of esters is 1. The Kier molecular flexibility index (Phi) is 7.41. The number of hydrogen-bond donors (Lipinski definition) is 0. The molecular weight excluding hydrogens is 404 g/mol. The molecule has 0 spiro atoms. The van der Waals surface area contributed by atoms with E-state index in [1.54, 1.807) is 57.7 Å². The molecule has 0 heterocycles. The number of hydrogen-bond acceptors (Lipinski definition) is 5. The van der Waals surface area contributed by atoms with Gasteiger partial charge in [0, 0.05) is 34.4 Å². The van der Waals surface area contributed by atoms with Crippen molar-refractivity contribution in [3.8, 4) is 40.9 Å². The van der Waals surface area contributed by atoms with Crippen molar-refractivity contribution < 1.29 is 23.7 Å². The van der Waals surface area contributed by atoms with Crippen LogP contribution >= 0.6 is 0 Å². The zero-order valence-electron chi connectivity index (χ0n) is 18.3. The topological polar surface area (TPSA) is 54.0 Å². The number of rotatable bonds is 4. The van der Waals surface area contributed by atoms with Crippen LogP contribution in [-0.4, -0.2) is 34.4 Å². The van der Waals surface area contributed by atoms with Gasteiger partial charge in [-0.25, -0.2) is 4.79 Å². The van der Waals surface area contributed by atoms with Crippen LogP contribution in [0, 0.1) is 23.7 Å². The Bertz CT molecular complexity index is 1220. The van der Waals surface area contributed by atoms with Crippen molar-refractivity contribution in [2.75, 3.05) is 28.4 Å². The van der Waals surface area contributed by atoms with E-state index in [-0.39, 0.29) is 5.97 Å². The van der Waals surface area contributed by atoms with E-state index in [9.17, 15) is 4.79 Å². The quantitative estimate of drug-likeness (QED) is 0.460. The van der Waals surface area contributed by atoms with E-state index in [0.717, 1.165) is 16.9 Å². The Morgan fingerprint density at radius 1 is 0.625 bits per heavy atom. The first-order chi connectivity index (χ1) is 15.6. The molecule has 0 fully saturated rings. The number of ether oxygens (including phenoxy) is 4. The van der Waals surface area contributed by atoms with Crippen LogP contribution in [-0.2, 0) is 4.74 Å². The molecule has 160 valence electrons. The van der Waals surface area contributed by atoms with Gasteiger partial charge in [0.2, 0.25) is 0 Å². The van der Waals surface area contributed by atoms with Gasteiger partial charge in [-0.2, -0.15) is 0 Å². The molecule has 0 N–H and O–H groups in total. The maximum absolute atomic E-state index is 11.6. The summed E-state index contributed by atoms with van der Waals surface area (Å²) in [5.74, 6) is 14.1. The first kappa shape index (κ1) is 22.3. The highest BCUT2D eigenvalue weighted by Crippen LogP contribution is 2.30. The standard InChI is InChI=1S/C27H22O5/c1-29-24-15-9-20(10-16-24)8-14-23-18-26(31-3)25(30-2)17-22(23)13-7-19-5-11-21(12-6-19)27(28)32-4/h5-6,9-12,15-18H,1-4H3. The van der Waals surface area contributed by atoms with Crippen LogP contribution in [0.5, 0.6) is 17.2 Å². The zero-order valence-corrected chi connectivity index (χ0v) is 18.3. The Labute approximate surface area is 187 Å². The predicted molar refractivity (Wildman–Crippen MR) is 122 cm³/mol. The lowest BCUT2D eigenvalue weighted by molar-refractivity contribution is 0.0600. The average molecular weight is 426 g/mol. The molecule has 0 bridgehead atoms. The molecule has 0 aliphatic heterocycles. The van der Waals surface area contributed by atoms with Gasteiger partial charge in [0.15, 0.2) is 11.5 Å². The summed E-state index contributed by atoms with van der Waals surface area (Å²) in [7, 11) is 6.12. The van der Waals surface area contributed by atoms with E-state index >= 15 is 0 Å². The second-order valence-corrected chi connectivity index (χ2v) is 6.55. The average Bonchev–Trinajstić information content (AvgIpc) is 2.86. The number of benzene rings is 3. The molecule has 3 aromatic carbocycles. The Morgan fingerprint density at radius 2 is 1.09 bits per heavy atom. The zero-order chi connectivity index (χ0) is 22.9. The Balaban J connectivity index is 1.99. The smallest absolute Gasteiger partial charge is 0.337 e. The summed E-state index contributed by atoms with van der Waals surface area (Å²) in [4.78, 5) is 11.6. The van der Waals surface area contributed by atoms with Gasteiger partial charge in [0.25, 0.3) is 0 Å². The Hall–Kier alpha value is -4.35. The lowest BCUT2D eigenvalue weighted by Gasteiger charge is -2.09. The summed E-state index contributed by atoms with van der Waals surface area (Å²) in [6.45, 7) is 0. The minimum Gasteiger partial charge on any atom is -0.497 e. The molecule has 3 aromatic rings. The van der Waals surface area contributed by atoms with Crippen molar-refractivity contribution in [2.45, 2.75) is 0 Å². The van der Waals surface area contributed by atoms with Gasteiger partial charge in [-0.15, -0.1) is 0 Å². The molecule has 32 heavy (non-hydrogen) atoms. The second kappa shape index (κ2) is 10.6. The van der Waals surface area contributed by atoms with Crippen LogP contribution in [0.15, 0.2) is 60.7 Å². The van der Waals surface area contributed by atoms with Crippen molar-refractivity contribution in [3.05, 3.63) is 88.5 Å². The minimum atomic E-state index is -0.388. The molecule has 0 aliphatic carbocycles. The fraction of sp³-hybridized carbons (Fsp3) is 0.148. The van der Waals surface area contributed by atoms with Crippen LogP contribution in [0.2, 0.25) is 0 Å². The summed E-state index contributed by atoms with van der Waals surface area (Å²) in [5, 5.41) is 0. The molecule has 0 amide bonds. The SMILES string of the molecule is COC(=O)c1ccc(C#Cc2cc(OC)c(OC)cc2C#Cc2ccc(OC)cc2)cc1. The third-order valence-corrected chi connectivity index (χ3v) is 4.60. The van der Waals surface area contributed by atoms with Crippen LogP contribution in [0.4, 0.5) is 0 Å². The van der Waals surface area contributed by atoms with Crippen molar-refractivity contribution in [3.63, 3.8) is 0 Å². The molecule has 3 rings (SSSR count). The molecule has 0 radical (unpaired) electrons. The third-order valence-electron chi connectivity index (χ3n) is 4.60. The van der Waals surface area contributed by atoms with Crippen LogP contribution in [0.3, 0.4) is 0 Å². The highest BCUT2D eigenvalue weighted by atomic mass is 16.5. The molecule has 0 aromatic heterocycles. The molecule has 0 unspecified atom stereocenters. The van der Waals surface area contributed by atoms with E-state index in [0.29, 0.717) is 28.2 Å². The summed E-state index contributed by atoms with van der Waals surface area (Å²) in [5.41, 5.74) is 3.47. The molecule has 0 saturated carbocycles. The molecule has 0 saturated heterocycles. The fourth-order valence-electron chi connectivity index (χ4n) is 2.85. The van der Waals surface area contributed by atoms with E-state index < -0.39 is 0 Å². The lowest BCUT2D eigenvalue weighted by Crippen LogP contribution is -2.00. The van der Waals surface area contributed by atoms with Gasteiger partial charge in [-0.1, -0.05) is 23.7 Å². The molecule has 0 aliphatic rings. The van der Waals surface area contributed by atoms with Crippen LogP contribution in [0.1, 0.15) is 32.6 Å². The normalized spacial score (nSPS) is 9.50. The van der Waals surface area contributed by atoms with Gasteiger partial charge in [0.1, 0.15) is 5.75 Å². The van der Waals surface area contributed by atoms with Crippen molar-refractivity contribution in [1.82, 2.24) is 0 Å². The maximum atomic E-state index is 11.6. The van der Waals surface area contributed by atoms with Gasteiger partial charge in [0.05, 0.1) is 34.0 Å². The van der Waals surface area contributed by atoms with Gasteiger partial charge in [-0.3, -0.25) is 0 Å². The highest BCUT2D eigenvalue weighted by molar-refractivity contribution is 5.89. The lowest BCUT2D eigenvalue weighted by atomic mass is 10.0. The van der Waals surface area contributed by atoms with Crippen molar-refractivity contribution in [1.29, 1.82) is 0 Å². The summed E-state index contributed by atoms with van der Waals surface area (Å²) in [6, 6.07) is 18.0. The number of methoxy groups -OCH3 is 4. The van der Waals surface area contributed by atoms with Gasteiger partial charge in [-0.05, 0) is 48.5 Å². The van der Waals surface area contributed by atoms with Gasteiger partial charge >= 0.3 is 5.97 Å². The summed E-state index contributed by atoms with van der Waals surface area (Å²) < 4.78 is 20.7. The highest BCUT2D eigenvalue weighted by Gasteiger charge is 2.09. The maximum Gasteiger partial charge on any atom is 0.337 e. The predicted octanol–water partition coefficient (Wildman–Crippen LogP) is 4.30. The third kappa shape index (κ3) is 5.41. The van der Waals surface area contributed by atoms with Crippen molar-refractivity contribution in [2.24, 2.45) is 0 Å². The molecular formula is C27H22O5. The first-order valence-corrected chi connectivity index (χ1v) is 9.70. The van der Waals surface area contributed by atoms with Gasteiger partial charge < -0.3 is 18.9 Å². The monoisotopic (exact) mass is 426 g/mol. The summed E-state index contributed by atoms with van der Waals surface area (Å²) >= 11 is 0. The largest absolute Gasteiger partial charge is 0.497 e. The van der Waals surface area contributed by atoms with E-state index in [4.69, 9.17) is 18.9 Å². The first-order valence-electron chi connectivity index (χ1n) is 9.70. The minimum absolute atomic E-state index is 0.388. The fourth-order valence-corrected chi connectivity index (χ4v) is 2.85. The summed E-state index contributed by atoms with van der Waals surface area (Å²) in [6.07, 6.45) is 0. The molecule has 5 nitrogen and oxygen atoms in total. The Morgan fingerprint density at radius 3 is 1.50 bits per heavy atom. The van der Waals surface area contributed by atoms with Crippen LogP contribution in [0.25, 0.3) is 0 Å². The van der Waals surface area contributed by atoms with Crippen molar-refractivity contribution >= 4 is 5.97 Å². The second-order valence-electron chi connectivity index (χ2n) is 6.55. The van der Waals surface area contributed by atoms with E-state index in [2.05, 4.69) is 23.7 Å².